The van der Waals surface area contributed by atoms with Gasteiger partial charge in [0.1, 0.15) is 6.10 Å². The fraction of sp³-hybridized carbons (Fsp3) is 0.350. The summed E-state index contributed by atoms with van der Waals surface area (Å²) < 4.78 is 5.25. The Bertz CT molecular complexity index is 721. The van der Waals surface area contributed by atoms with Crippen LogP contribution in [-0.2, 0) is 11.2 Å². The van der Waals surface area contributed by atoms with Crippen molar-refractivity contribution in [2.45, 2.75) is 45.1 Å². The Labute approximate surface area is 137 Å². The maximum absolute atomic E-state index is 11.1. The minimum absolute atomic E-state index is 0.202. The first kappa shape index (κ1) is 15.6. The summed E-state index contributed by atoms with van der Waals surface area (Å²) in [4.78, 5) is 11.1. The molecule has 1 unspecified atom stereocenters. The lowest BCUT2D eigenvalue weighted by Crippen LogP contribution is -2.20. The number of benzene rings is 2. The van der Waals surface area contributed by atoms with Gasteiger partial charge in [-0.05, 0) is 53.0 Å². The van der Waals surface area contributed by atoms with Gasteiger partial charge in [0.15, 0.2) is 0 Å². The van der Waals surface area contributed by atoms with Gasteiger partial charge in [-0.3, -0.25) is 0 Å². The molecule has 2 aromatic carbocycles. The molecule has 0 fully saturated rings. The quantitative estimate of drug-likeness (QED) is 0.872. The van der Waals surface area contributed by atoms with E-state index in [1.807, 2.05) is 0 Å². The van der Waals surface area contributed by atoms with Gasteiger partial charge in [0.05, 0.1) is 0 Å². The molecule has 0 saturated heterocycles. The third-order valence-corrected chi connectivity index (χ3v) is 4.55. The maximum Gasteiger partial charge on any atom is 0.405 e. The Morgan fingerprint density at radius 2 is 1.96 bits per heavy atom. The van der Waals surface area contributed by atoms with E-state index >= 15 is 0 Å². The van der Waals surface area contributed by atoms with E-state index in [0.29, 0.717) is 5.92 Å². The van der Waals surface area contributed by atoms with E-state index in [1.165, 1.54) is 22.3 Å². The summed E-state index contributed by atoms with van der Waals surface area (Å²) in [5.41, 5.74) is 11.3. The van der Waals surface area contributed by atoms with Crippen molar-refractivity contribution in [2.75, 3.05) is 0 Å². The molecule has 1 aliphatic rings. The third-order valence-electron chi connectivity index (χ3n) is 4.55. The monoisotopic (exact) mass is 309 g/mol. The van der Waals surface area contributed by atoms with E-state index in [4.69, 9.17) is 10.5 Å². The predicted octanol–water partition coefficient (Wildman–Crippen LogP) is 4.95. The second-order valence-corrected chi connectivity index (χ2v) is 6.51. The van der Waals surface area contributed by atoms with Crippen LogP contribution in [0.15, 0.2) is 42.5 Å². The lowest BCUT2D eigenvalue weighted by molar-refractivity contribution is 0.0959. The summed E-state index contributed by atoms with van der Waals surface area (Å²) in [7, 11) is 0. The van der Waals surface area contributed by atoms with Gasteiger partial charge in [-0.15, -0.1) is 0 Å². The van der Waals surface area contributed by atoms with Crippen LogP contribution in [0.2, 0.25) is 0 Å². The number of carbonyl (C=O) groups excluding carboxylic acids is 1. The maximum atomic E-state index is 11.1. The Morgan fingerprint density at radius 3 is 2.70 bits per heavy atom. The topological polar surface area (TPSA) is 52.3 Å². The Kier molecular flexibility index (Phi) is 4.37. The fourth-order valence-electron chi connectivity index (χ4n) is 3.29. The summed E-state index contributed by atoms with van der Waals surface area (Å²) in [5, 5.41) is 0. The molecule has 1 atom stereocenters. The van der Waals surface area contributed by atoms with Crippen LogP contribution < -0.4 is 5.73 Å². The number of fused-ring (bicyclic) bond motifs is 1. The average molecular weight is 309 g/mol. The molecule has 0 spiro atoms. The number of carbonyl (C=O) groups is 1. The molecule has 0 aliphatic heterocycles. The molecule has 2 N–H and O–H groups in total. The number of hydrogen-bond donors (Lipinski definition) is 1. The summed E-state index contributed by atoms with van der Waals surface area (Å²) in [6, 6.07) is 15.1. The van der Waals surface area contributed by atoms with Crippen LogP contribution in [0, 0.1) is 0 Å². The zero-order chi connectivity index (χ0) is 16.4. The molecule has 1 amide bonds. The largest absolute Gasteiger partial charge is 0.442 e. The second-order valence-electron chi connectivity index (χ2n) is 6.51. The van der Waals surface area contributed by atoms with Crippen LogP contribution in [0.25, 0.3) is 11.1 Å². The van der Waals surface area contributed by atoms with Gasteiger partial charge >= 0.3 is 6.09 Å². The highest BCUT2D eigenvalue weighted by Gasteiger charge is 2.23. The van der Waals surface area contributed by atoms with E-state index in [2.05, 4.69) is 56.3 Å². The second kappa shape index (κ2) is 6.45. The van der Waals surface area contributed by atoms with E-state index in [0.717, 1.165) is 24.8 Å². The van der Waals surface area contributed by atoms with Crippen LogP contribution in [0.1, 0.15) is 55.4 Å². The van der Waals surface area contributed by atoms with E-state index in [1.54, 1.807) is 0 Å². The highest BCUT2D eigenvalue weighted by atomic mass is 16.6. The normalized spacial score (nSPS) is 16.9. The zero-order valence-corrected chi connectivity index (χ0v) is 13.7. The molecular formula is C20H23NO2. The molecule has 3 nitrogen and oxygen atoms in total. The number of rotatable bonds is 3. The molecular weight excluding hydrogens is 286 g/mol. The molecule has 0 aromatic heterocycles. The first-order valence-electron chi connectivity index (χ1n) is 8.24. The summed E-state index contributed by atoms with van der Waals surface area (Å²) in [6.07, 6.45) is 1.98. The lowest BCUT2D eigenvalue weighted by Gasteiger charge is -2.25. The molecule has 120 valence electrons. The molecule has 0 heterocycles. The van der Waals surface area contributed by atoms with E-state index in [9.17, 15) is 4.79 Å². The number of aryl methyl sites for hydroxylation is 1. The average Bonchev–Trinajstić information content (AvgIpc) is 2.54. The molecule has 1 aliphatic carbocycles. The van der Waals surface area contributed by atoms with Crippen LogP contribution in [-0.4, -0.2) is 6.09 Å². The Balaban J connectivity index is 1.94. The van der Waals surface area contributed by atoms with Crippen molar-refractivity contribution < 1.29 is 9.53 Å². The standard InChI is InChI=1S/C20H23NO2/c1-13(2)14-5-3-6-15(11-14)16-9-10-18-17(12-16)7-4-8-19(18)23-20(21)22/h3,5-6,9-13,19H,4,7-8H2,1-2H3,(H2,21,22). The van der Waals surface area contributed by atoms with Gasteiger partial charge in [-0.25, -0.2) is 4.79 Å². The van der Waals surface area contributed by atoms with Gasteiger partial charge in [-0.1, -0.05) is 56.3 Å². The third kappa shape index (κ3) is 3.39. The molecule has 3 heteroatoms. The van der Waals surface area contributed by atoms with Crippen molar-refractivity contribution in [3.63, 3.8) is 0 Å². The molecule has 0 bridgehead atoms. The van der Waals surface area contributed by atoms with Crippen molar-refractivity contribution in [2.24, 2.45) is 5.73 Å². The van der Waals surface area contributed by atoms with Crippen LogP contribution >= 0.6 is 0 Å². The lowest BCUT2D eigenvalue weighted by atomic mass is 9.86. The highest BCUT2D eigenvalue weighted by Crippen LogP contribution is 2.35. The number of nitrogens with two attached hydrogens (primary N) is 1. The van der Waals surface area contributed by atoms with Crippen molar-refractivity contribution in [3.05, 3.63) is 59.2 Å². The molecule has 2 aromatic rings. The smallest absolute Gasteiger partial charge is 0.405 e. The van der Waals surface area contributed by atoms with Gasteiger partial charge in [0.25, 0.3) is 0 Å². The van der Waals surface area contributed by atoms with E-state index in [-0.39, 0.29) is 6.10 Å². The predicted molar refractivity (Wildman–Crippen MR) is 92.3 cm³/mol. The number of primary amides is 1. The van der Waals surface area contributed by atoms with Crippen LogP contribution in [0.5, 0.6) is 0 Å². The van der Waals surface area contributed by atoms with Gasteiger partial charge in [0.2, 0.25) is 0 Å². The van der Waals surface area contributed by atoms with Crippen LogP contribution in [0.3, 0.4) is 0 Å². The van der Waals surface area contributed by atoms with E-state index < -0.39 is 6.09 Å². The molecule has 0 radical (unpaired) electrons. The molecule has 3 rings (SSSR count). The van der Waals surface area contributed by atoms with Gasteiger partial charge < -0.3 is 10.5 Å². The molecule has 23 heavy (non-hydrogen) atoms. The summed E-state index contributed by atoms with van der Waals surface area (Å²) >= 11 is 0. The highest BCUT2D eigenvalue weighted by molar-refractivity contribution is 5.67. The first-order valence-corrected chi connectivity index (χ1v) is 8.24. The summed E-state index contributed by atoms with van der Waals surface area (Å²) in [5.74, 6) is 0.515. The SMILES string of the molecule is CC(C)c1cccc(-c2ccc3c(c2)CCCC3OC(N)=O)c1. The van der Waals surface area contributed by atoms with Crippen molar-refractivity contribution in [1.82, 2.24) is 0 Å². The van der Waals surface area contributed by atoms with Gasteiger partial charge in [-0.2, -0.15) is 0 Å². The Morgan fingerprint density at radius 1 is 1.17 bits per heavy atom. The van der Waals surface area contributed by atoms with Crippen molar-refractivity contribution in [1.29, 1.82) is 0 Å². The number of ether oxygens (including phenoxy) is 1. The van der Waals surface area contributed by atoms with Crippen LogP contribution in [0.4, 0.5) is 4.79 Å². The van der Waals surface area contributed by atoms with Crippen molar-refractivity contribution in [3.8, 4) is 11.1 Å². The van der Waals surface area contributed by atoms with Crippen molar-refractivity contribution >= 4 is 6.09 Å². The van der Waals surface area contributed by atoms with Gasteiger partial charge in [0, 0.05) is 0 Å². The molecule has 0 saturated carbocycles. The first-order chi connectivity index (χ1) is 11.0. The summed E-state index contributed by atoms with van der Waals surface area (Å²) in [6.45, 7) is 4.41. The number of hydrogen-bond acceptors (Lipinski definition) is 2. The Hall–Kier alpha value is -2.29. The fourth-order valence-corrected chi connectivity index (χ4v) is 3.29. The number of amides is 1. The minimum atomic E-state index is -0.698. The minimum Gasteiger partial charge on any atom is -0.442 e. The zero-order valence-electron chi connectivity index (χ0n) is 13.7.